The standard InChI is InChI=1S/C16H23NO/c1-12-5-7-13(8-6-12)15-14-4-2-3-9-16(14,18)10-11-17-15/h5-8,14-15,17-18H,2-4,9-11H2,1H3/t14-,15+,16-/m1/s1. The van der Waals surface area contributed by atoms with Crippen molar-refractivity contribution in [1.82, 2.24) is 5.32 Å². The normalized spacial score (nSPS) is 36.1. The van der Waals surface area contributed by atoms with E-state index in [1.165, 1.54) is 24.0 Å². The third-order valence-corrected chi connectivity index (χ3v) is 4.83. The Bertz CT molecular complexity index is 410. The van der Waals surface area contributed by atoms with E-state index in [0.717, 1.165) is 25.8 Å². The van der Waals surface area contributed by atoms with Gasteiger partial charge in [-0.3, -0.25) is 0 Å². The molecule has 0 spiro atoms. The van der Waals surface area contributed by atoms with E-state index >= 15 is 0 Å². The quantitative estimate of drug-likeness (QED) is 0.797. The predicted molar refractivity (Wildman–Crippen MR) is 73.4 cm³/mol. The number of fused-ring (bicyclic) bond motifs is 1. The van der Waals surface area contributed by atoms with Gasteiger partial charge in [0.15, 0.2) is 0 Å². The number of rotatable bonds is 1. The Hall–Kier alpha value is -0.860. The average Bonchev–Trinajstić information content (AvgIpc) is 2.38. The maximum Gasteiger partial charge on any atom is 0.0706 e. The van der Waals surface area contributed by atoms with Gasteiger partial charge in [-0.2, -0.15) is 0 Å². The topological polar surface area (TPSA) is 32.3 Å². The molecule has 2 heteroatoms. The number of benzene rings is 1. The van der Waals surface area contributed by atoms with Crippen LogP contribution in [-0.2, 0) is 0 Å². The second-order valence-electron chi connectivity index (χ2n) is 6.05. The lowest BCUT2D eigenvalue weighted by molar-refractivity contribution is -0.0861. The van der Waals surface area contributed by atoms with Crippen molar-refractivity contribution in [2.45, 2.75) is 50.7 Å². The minimum absolute atomic E-state index is 0.338. The van der Waals surface area contributed by atoms with Gasteiger partial charge in [0.2, 0.25) is 0 Å². The third kappa shape index (κ3) is 2.08. The van der Waals surface area contributed by atoms with E-state index in [0.29, 0.717) is 12.0 Å². The summed E-state index contributed by atoms with van der Waals surface area (Å²) in [5.74, 6) is 0.391. The summed E-state index contributed by atoms with van der Waals surface area (Å²) in [4.78, 5) is 0. The molecule has 0 unspecified atom stereocenters. The molecule has 98 valence electrons. The summed E-state index contributed by atoms with van der Waals surface area (Å²) in [5.41, 5.74) is 2.22. The highest BCUT2D eigenvalue weighted by Crippen LogP contribution is 2.45. The fraction of sp³-hybridized carbons (Fsp3) is 0.625. The van der Waals surface area contributed by atoms with Crippen LogP contribution in [0.5, 0.6) is 0 Å². The van der Waals surface area contributed by atoms with Crippen LogP contribution in [0, 0.1) is 12.8 Å². The summed E-state index contributed by atoms with van der Waals surface area (Å²) in [7, 11) is 0. The fourth-order valence-electron chi connectivity index (χ4n) is 3.75. The lowest BCUT2D eigenvalue weighted by Gasteiger charge is -2.48. The molecular formula is C16H23NO. The number of hydrogen-bond donors (Lipinski definition) is 2. The monoisotopic (exact) mass is 245 g/mol. The summed E-state index contributed by atoms with van der Waals surface area (Å²) in [6.45, 7) is 3.06. The minimum Gasteiger partial charge on any atom is -0.389 e. The lowest BCUT2D eigenvalue weighted by Crippen LogP contribution is -2.53. The summed E-state index contributed by atoms with van der Waals surface area (Å²) in [5, 5.41) is 14.5. The van der Waals surface area contributed by atoms with Crippen molar-refractivity contribution < 1.29 is 5.11 Å². The first-order valence-corrected chi connectivity index (χ1v) is 7.21. The molecule has 1 aromatic carbocycles. The van der Waals surface area contributed by atoms with E-state index in [9.17, 15) is 5.11 Å². The highest BCUT2D eigenvalue weighted by molar-refractivity contribution is 5.26. The first kappa shape index (κ1) is 12.2. The smallest absolute Gasteiger partial charge is 0.0706 e. The van der Waals surface area contributed by atoms with Crippen LogP contribution in [-0.4, -0.2) is 17.3 Å². The van der Waals surface area contributed by atoms with E-state index in [1.54, 1.807) is 0 Å². The molecule has 1 heterocycles. The third-order valence-electron chi connectivity index (χ3n) is 4.83. The SMILES string of the molecule is Cc1ccc([C@@H]2NCC[C@]3(O)CCCC[C@H]23)cc1. The molecule has 1 saturated carbocycles. The van der Waals surface area contributed by atoms with Crippen molar-refractivity contribution in [2.75, 3.05) is 6.54 Å². The van der Waals surface area contributed by atoms with Crippen LogP contribution in [0.1, 0.15) is 49.3 Å². The first-order chi connectivity index (χ1) is 8.69. The van der Waals surface area contributed by atoms with Crippen molar-refractivity contribution in [3.05, 3.63) is 35.4 Å². The van der Waals surface area contributed by atoms with Crippen molar-refractivity contribution in [3.63, 3.8) is 0 Å². The molecule has 0 aromatic heterocycles. The van der Waals surface area contributed by atoms with E-state index in [-0.39, 0.29) is 0 Å². The van der Waals surface area contributed by atoms with Gasteiger partial charge in [0.1, 0.15) is 0 Å². The molecular weight excluding hydrogens is 222 g/mol. The van der Waals surface area contributed by atoms with Gasteiger partial charge in [0.25, 0.3) is 0 Å². The van der Waals surface area contributed by atoms with Gasteiger partial charge < -0.3 is 10.4 Å². The van der Waals surface area contributed by atoms with Crippen molar-refractivity contribution in [1.29, 1.82) is 0 Å². The minimum atomic E-state index is -0.418. The van der Waals surface area contributed by atoms with Crippen molar-refractivity contribution in [2.24, 2.45) is 5.92 Å². The molecule has 18 heavy (non-hydrogen) atoms. The molecule has 0 bridgehead atoms. The summed E-state index contributed by atoms with van der Waals surface area (Å²) >= 11 is 0. The van der Waals surface area contributed by atoms with Crippen LogP contribution >= 0.6 is 0 Å². The Balaban J connectivity index is 1.88. The van der Waals surface area contributed by atoms with Crippen LogP contribution in [0.3, 0.4) is 0 Å². The Morgan fingerprint density at radius 3 is 2.72 bits per heavy atom. The molecule has 3 atom stereocenters. The summed E-state index contributed by atoms with van der Waals surface area (Å²) < 4.78 is 0. The van der Waals surface area contributed by atoms with Gasteiger partial charge in [0, 0.05) is 12.0 Å². The van der Waals surface area contributed by atoms with Crippen LogP contribution in [0.4, 0.5) is 0 Å². The molecule has 2 fully saturated rings. The Morgan fingerprint density at radius 1 is 1.17 bits per heavy atom. The molecule has 2 N–H and O–H groups in total. The average molecular weight is 245 g/mol. The molecule has 1 saturated heterocycles. The van der Waals surface area contributed by atoms with Gasteiger partial charge in [-0.15, -0.1) is 0 Å². The Kier molecular flexibility index (Phi) is 3.16. The first-order valence-electron chi connectivity index (χ1n) is 7.21. The van der Waals surface area contributed by atoms with Gasteiger partial charge in [-0.05, 0) is 38.3 Å². The number of aryl methyl sites for hydroxylation is 1. The molecule has 1 aliphatic heterocycles. The molecule has 3 rings (SSSR count). The van der Waals surface area contributed by atoms with E-state index in [1.807, 2.05) is 0 Å². The zero-order chi connectivity index (χ0) is 12.6. The van der Waals surface area contributed by atoms with Crippen molar-refractivity contribution in [3.8, 4) is 0 Å². The van der Waals surface area contributed by atoms with Crippen molar-refractivity contribution >= 4 is 0 Å². The van der Waals surface area contributed by atoms with Gasteiger partial charge in [-0.25, -0.2) is 0 Å². The molecule has 1 aliphatic carbocycles. The molecule has 2 aliphatic rings. The maximum absolute atomic E-state index is 10.8. The highest BCUT2D eigenvalue weighted by atomic mass is 16.3. The number of piperidine rings is 1. The number of hydrogen-bond acceptors (Lipinski definition) is 2. The van der Waals surface area contributed by atoms with E-state index in [2.05, 4.69) is 36.5 Å². The van der Waals surface area contributed by atoms with Gasteiger partial charge in [-0.1, -0.05) is 42.7 Å². The maximum atomic E-state index is 10.8. The number of nitrogens with one attached hydrogen (secondary N) is 1. The summed E-state index contributed by atoms with van der Waals surface area (Å²) in [6, 6.07) is 9.12. The van der Waals surface area contributed by atoms with Gasteiger partial charge >= 0.3 is 0 Å². The fourth-order valence-corrected chi connectivity index (χ4v) is 3.75. The molecule has 0 radical (unpaired) electrons. The zero-order valence-electron chi connectivity index (χ0n) is 11.2. The second-order valence-corrected chi connectivity index (χ2v) is 6.05. The van der Waals surface area contributed by atoms with E-state index in [4.69, 9.17) is 0 Å². The largest absolute Gasteiger partial charge is 0.389 e. The van der Waals surface area contributed by atoms with Crippen LogP contribution in [0.15, 0.2) is 24.3 Å². The number of aliphatic hydroxyl groups is 1. The zero-order valence-corrected chi connectivity index (χ0v) is 11.2. The van der Waals surface area contributed by atoms with Crippen LogP contribution in [0.25, 0.3) is 0 Å². The lowest BCUT2D eigenvalue weighted by atomic mass is 9.67. The molecule has 0 amide bonds. The molecule has 1 aromatic rings. The highest BCUT2D eigenvalue weighted by Gasteiger charge is 2.45. The van der Waals surface area contributed by atoms with Gasteiger partial charge in [0.05, 0.1) is 5.60 Å². The Morgan fingerprint density at radius 2 is 1.94 bits per heavy atom. The predicted octanol–water partition coefficient (Wildman–Crippen LogP) is 2.95. The second kappa shape index (κ2) is 4.67. The Labute approximate surface area is 109 Å². The molecule has 2 nitrogen and oxygen atoms in total. The summed E-state index contributed by atoms with van der Waals surface area (Å²) in [6.07, 6.45) is 5.51. The van der Waals surface area contributed by atoms with E-state index < -0.39 is 5.60 Å². The van der Waals surface area contributed by atoms with Crippen LogP contribution < -0.4 is 5.32 Å². The van der Waals surface area contributed by atoms with Crippen LogP contribution in [0.2, 0.25) is 0 Å².